The van der Waals surface area contributed by atoms with Crippen LogP contribution in [0, 0.1) is 13.8 Å². The molecule has 1 heterocycles. The quantitative estimate of drug-likeness (QED) is 0.823. The molecule has 1 unspecified atom stereocenters. The number of hydrogen-bond acceptors (Lipinski definition) is 4. The summed E-state index contributed by atoms with van der Waals surface area (Å²) in [6, 6.07) is 1.94. The van der Waals surface area contributed by atoms with E-state index in [0.29, 0.717) is 0 Å². The minimum atomic E-state index is -0.352. The molecular formula is C12H19NO2S. The molecule has 0 aliphatic carbocycles. The molecule has 0 radical (unpaired) electrons. The fraction of sp³-hybridized carbons (Fsp3) is 0.583. The van der Waals surface area contributed by atoms with Crippen LogP contribution in [-0.2, 0) is 9.53 Å². The first-order chi connectivity index (χ1) is 7.45. The highest BCUT2D eigenvalue weighted by Crippen LogP contribution is 2.27. The summed E-state index contributed by atoms with van der Waals surface area (Å²) in [6.45, 7) is 8.12. The molecule has 0 spiro atoms. The normalized spacial score (nSPS) is 12.9. The first kappa shape index (κ1) is 13.2. The van der Waals surface area contributed by atoms with Crippen molar-refractivity contribution in [2.75, 3.05) is 7.11 Å². The highest BCUT2D eigenvalue weighted by atomic mass is 32.1. The molecule has 0 fully saturated rings. The average Bonchev–Trinajstić information content (AvgIpc) is 2.53. The lowest BCUT2D eigenvalue weighted by Gasteiger charge is -2.19. The molecule has 0 saturated heterocycles. The molecule has 1 rings (SSSR count). The third-order valence-electron chi connectivity index (χ3n) is 2.33. The summed E-state index contributed by atoms with van der Waals surface area (Å²) in [5.74, 6) is -0.227. The molecule has 90 valence electrons. The Kier molecular flexibility index (Phi) is 4.50. The average molecular weight is 241 g/mol. The van der Waals surface area contributed by atoms with Crippen LogP contribution in [0.2, 0.25) is 0 Å². The summed E-state index contributed by atoms with van der Waals surface area (Å²) in [5, 5.41) is 3.23. The van der Waals surface area contributed by atoms with Crippen LogP contribution in [-0.4, -0.2) is 19.1 Å². The minimum Gasteiger partial charge on any atom is -0.468 e. The van der Waals surface area contributed by atoms with Gasteiger partial charge in [-0.15, -0.1) is 11.3 Å². The number of carbonyl (C=O) groups excluding carboxylic acids is 1. The topological polar surface area (TPSA) is 38.3 Å². The van der Waals surface area contributed by atoms with Gasteiger partial charge >= 0.3 is 5.97 Å². The Morgan fingerprint density at radius 2 is 2.06 bits per heavy atom. The molecule has 0 saturated carbocycles. The van der Waals surface area contributed by atoms with Gasteiger partial charge < -0.3 is 4.74 Å². The van der Waals surface area contributed by atoms with Crippen molar-refractivity contribution in [1.29, 1.82) is 0 Å². The Hall–Kier alpha value is -0.870. The van der Waals surface area contributed by atoms with Gasteiger partial charge in [0.1, 0.15) is 6.04 Å². The first-order valence-corrected chi connectivity index (χ1v) is 6.18. The second-order valence-electron chi connectivity index (χ2n) is 4.15. The lowest BCUT2D eigenvalue weighted by Crippen LogP contribution is -2.34. The van der Waals surface area contributed by atoms with Crippen molar-refractivity contribution < 1.29 is 9.53 Å². The van der Waals surface area contributed by atoms with Crippen molar-refractivity contribution in [3.8, 4) is 0 Å². The number of carbonyl (C=O) groups is 1. The zero-order valence-corrected chi connectivity index (χ0v) is 11.3. The lowest BCUT2D eigenvalue weighted by atomic mass is 10.1. The van der Waals surface area contributed by atoms with Gasteiger partial charge in [-0.1, -0.05) is 0 Å². The Bertz CT molecular complexity index is 371. The van der Waals surface area contributed by atoms with E-state index in [1.54, 1.807) is 11.3 Å². The Morgan fingerprint density at radius 1 is 1.44 bits per heavy atom. The molecule has 3 nitrogen and oxygen atoms in total. The third kappa shape index (κ3) is 3.06. The van der Waals surface area contributed by atoms with E-state index in [-0.39, 0.29) is 18.1 Å². The van der Waals surface area contributed by atoms with E-state index in [2.05, 4.69) is 11.4 Å². The maximum Gasteiger partial charge on any atom is 0.327 e. The maximum absolute atomic E-state index is 11.7. The number of esters is 1. The number of aryl methyl sites for hydroxylation is 2. The second kappa shape index (κ2) is 5.46. The molecule has 0 aromatic carbocycles. The zero-order valence-electron chi connectivity index (χ0n) is 10.5. The molecular weight excluding hydrogens is 222 g/mol. The van der Waals surface area contributed by atoms with E-state index >= 15 is 0 Å². The molecule has 0 aliphatic heterocycles. The SMILES string of the molecule is COC(=O)C(NC(C)C)c1cc(C)sc1C. The van der Waals surface area contributed by atoms with Gasteiger partial charge in [-0.25, -0.2) is 4.79 Å². The van der Waals surface area contributed by atoms with Gasteiger partial charge in [-0.3, -0.25) is 5.32 Å². The predicted octanol–water partition coefficient (Wildman–Crippen LogP) is 2.58. The zero-order chi connectivity index (χ0) is 12.3. The highest BCUT2D eigenvalue weighted by molar-refractivity contribution is 7.12. The Balaban J connectivity index is 3.00. The molecule has 1 aromatic heterocycles. The van der Waals surface area contributed by atoms with Gasteiger partial charge in [-0.05, 0) is 39.3 Å². The number of ether oxygens (including phenoxy) is 1. The number of nitrogens with one attached hydrogen (secondary N) is 1. The van der Waals surface area contributed by atoms with Gasteiger partial charge in [-0.2, -0.15) is 0 Å². The van der Waals surface area contributed by atoms with E-state index in [4.69, 9.17) is 4.74 Å². The van der Waals surface area contributed by atoms with Gasteiger partial charge in [0.25, 0.3) is 0 Å². The summed E-state index contributed by atoms with van der Waals surface area (Å²) in [7, 11) is 1.42. The van der Waals surface area contributed by atoms with Crippen LogP contribution < -0.4 is 5.32 Å². The molecule has 0 bridgehead atoms. The van der Waals surface area contributed by atoms with E-state index in [9.17, 15) is 4.79 Å². The summed E-state index contributed by atoms with van der Waals surface area (Å²) in [5.41, 5.74) is 1.03. The van der Waals surface area contributed by atoms with Crippen LogP contribution in [0.5, 0.6) is 0 Å². The van der Waals surface area contributed by atoms with Gasteiger partial charge in [0.05, 0.1) is 7.11 Å². The largest absolute Gasteiger partial charge is 0.468 e. The van der Waals surface area contributed by atoms with E-state index < -0.39 is 0 Å². The third-order valence-corrected chi connectivity index (χ3v) is 3.31. The minimum absolute atomic E-state index is 0.227. The van der Waals surface area contributed by atoms with E-state index in [0.717, 1.165) is 5.56 Å². The maximum atomic E-state index is 11.7. The van der Waals surface area contributed by atoms with Crippen molar-refractivity contribution in [2.45, 2.75) is 39.8 Å². The van der Waals surface area contributed by atoms with Crippen LogP contribution in [0.25, 0.3) is 0 Å². The molecule has 1 aromatic rings. The predicted molar refractivity (Wildman–Crippen MR) is 66.8 cm³/mol. The van der Waals surface area contributed by atoms with Crippen LogP contribution in [0.15, 0.2) is 6.07 Å². The molecule has 1 N–H and O–H groups in total. The van der Waals surface area contributed by atoms with Crippen molar-refractivity contribution in [3.63, 3.8) is 0 Å². The van der Waals surface area contributed by atoms with Crippen molar-refractivity contribution in [2.24, 2.45) is 0 Å². The van der Waals surface area contributed by atoms with Crippen molar-refractivity contribution >= 4 is 17.3 Å². The smallest absolute Gasteiger partial charge is 0.327 e. The summed E-state index contributed by atoms with van der Waals surface area (Å²) in [6.07, 6.45) is 0. The van der Waals surface area contributed by atoms with Gasteiger partial charge in [0.2, 0.25) is 0 Å². The number of methoxy groups -OCH3 is 1. The van der Waals surface area contributed by atoms with E-state index in [1.165, 1.54) is 16.9 Å². The fourth-order valence-electron chi connectivity index (χ4n) is 1.67. The number of thiophene rings is 1. The van der Waals surface area contributed by atoms with Crippen LogP contribution >= 0.6 is 11.3 Å². The molecule has 0 amide bonds. The Labute approximate surface area is 101 Å². The van der Waals surface area contributed by atoms with Crippen LogP contribution in [0.1, 0.15) is 35.2 Å². The summed E-state index contributed by atoms with van der Waals surface area (Å²) in [4.78, 5) is 14.1. The van der Waals surface area contributed by atoms with Crippen molar-refractivity contribution in [3.05, 3.63) is 21.4 Å². The summed E-state index contributed by atoms with van der Waals surface area (Å²) >= 11 is 1.70. The molecule has 0 aliphatic rings. The van der Waals surface area contributed by atoms with Crippen molar-refractivity contribution in [1.82, 2.24) is 5.32 Å². The standard InChI is InChI=1S/C12H19NO2S/c1-7(2)13-11(12(14)15-5)10-6-8(3)16-9(10)4/h6-7,11,13H,1-5H3. The first-order valence-electron chi connectivity index (χ1n) is 5.36. The molecule has 16 heavy (non-hydrogen) atoms. The summed E-state index contributed by atoms with van der Waals surface area (Å²) < 4.78 is 4.84. The monoisotopic (exact) mass is 241 g/mol. The molecule has 1 atom stereocenters. The Morgan fingerprint density at radius 3 is 2.44 bits per heavy atom. The van der Waals surface area contributed by atoms with Gasteiger partial charge in [0.15, 0.2) is 0 Å². The van der Waals surface area contributed by atoms with Crippen LogP contribution in [0.3, 0.4) is 0 Å². The van der Waals surface area contributed by atoms with Crippen LogP contribution in [0.4, 0.5) is 0 Å². The number of hydrogen-bond donors (Lipinski definition) is 1. The lowest BCUT2D eigenvalue weighted by molar-refractivity contribution is -0.143. The van der Waals surface area contributed by atoms with E-state index in [1.807, 2.05) is 27.7 Å². The van der Waals surface area contributed by atoms with Gasteiger partial charge in [0, 0.05) is 15.8 Å². The highest BCUT2D eigenvalue weighted by Gasteiger charge is 2.24. The number of rotatable bonds is 4. The fourth-order valence-corrected chi connectivity index (χ4v) is 2.64. The second-order valence-corrected chi connectivity index (χ2v) is 5.61. The molecule has 4 heteroatoms.